The number of amides is 1. The summed E-state index contributed by atoms with van der Waals surface area (Å²) in [6, 6.07) is 24.5. The van der Waals surface area contributed by atoms with Gasteiger partial charge in [0, 0.05) is 44.0 Å². The summed E-state index contributed by atoms with van der Waals surface area (Å²) in [6.45, 7) is 6.60. The molecule has 1 N–H and O–H groups in total. The third-order valence-corrected chi connectivity index (χ3v) is 5.83. The third-order valence-electron chi connectivity index (χ3n) is 5.83. The first kappa shape index (κ1) is 21.1. The molecular formula is C26H28FN3O. The van der Waals surface area contributed by atoms with Crippen molar-refractivity contribution < 1.29 is 9.18 Å². The van der Waals surface area contributed by atoms with Gasteiger partial charge >= 0.3 is 0 Å². The highest BCUT2D eigenvalue weighted by Gasteiger charge is 2.18. The van der Waals surface area contributed by atoms with Gasteiger partial charge in [0.25, 0.3) is 5.91 Å². The normalized spacial score (nSPS) is 15.5. The Bertz CT molecular complexity index is 981. The van der Waals surface area contributed by atoms with Gasteiger partial charge in [-0.05, 0) is 54.4 Å². The Hall–Kier alpha value is -3.18. The van der Waals surface area contributed by atoms with Gasteiger partial charge in [-0.1, -0.05) is 42.5 Å². The number of carbonyl (C=O) groups is 1. The smallest absolute Gasteiger partial charge is 0.251 e. The van der Waals surface area contributed by atoms with E-state index in [9.17, 15) is 9.18 Å². The third kappa shape index (κ3) is 5.50. The molecule has 1 atom stereocenters. The minimum absolute atomic E-state index is 0.0363. The fourth-order valence-corrected chi connectivity index (χ4v) is 3.94. The topological polar surface area (TPSA) is 35.6 Å². The molecule has 5 heteroatoms. The molecule has 0 aliphatic carbocycles. The Morgan fingerprint density at radius 3 is 2.19 bits per heavy atom. The SMILES string of the molecule is CC(NC(=O)c1ccc(CN2CCN(c3ccc(F)cc3)CC2)cc1)c1ccccc1. The van der Waals surface area contributed by atoms with Crippen molar-refractivity contribution in [3.05, 3.63) is 101 Å². The van der Waals surface area contributed by atoms with Gasteiger partial charge in [0.05, 0.1) is 6.04 Å². The summed E-state index contributed by atoms with van der Waals surface area (Å²) in [7, 11) is 0. The van der Waals surface area contributed by atoms with Gasteiger partial charge < -0.3 is 10.2 Å². The zero-order chi connectivity index (χ0) is 21.6. The molecule has 3 aromatic rings. The number of nitrogens with one attached hydrogen (secondary N) is 1. The summed E-state index contributed by atoms with van der Waals surface area (Å²) >= 11 is 0. The molecule has 1 saturated heterocycles. The van der Waals surface area contributed by atoms with Crippen LogP contribution in [0, 0.1) is 5.82 Å². The number of benzene rings is 3. The standard InChI is InChI=1S/C26H28FN3O/c1-20(22-5-3-2-4-6-22)28-26(31)23-9-7-21(8-10-23)19-29-15-17-30(18-16-29)25-13-11-24(27)12-14-25/h2-14,20H,15-19H2,1H3,(H,28,31). The maximum Gasteiger partial charge on any atom is 0.251 e. The molecule has 1 heterocycles. The van der Waals surface area contributed by atoms with Crippen molar-refractivity contribution in [2.45, 2.75) is 19.5 Å². The number of halogens is 1. The highest BCUT2D eigenvalue weighted by atomic mass is 19.1. The first-order chi connectivity index (χ1) is 15.1. The molecule has 0 radical (unpaired) electrons. The van der Waals surface area contributed by atoms with Gasteiger partial charge in [-0.3, -0.25) is 9.69 Å². The molecule has 160 valence electrons. The van der Waals surface area contributed by atoms with E-state index < -0.39 is 0 Å². The number of carbonyl (C=O) groups excluding carboxylic acids is 1. The molecular weight excluding hydrogens is 389 g/mol. The van der Waals surface area contributed by atoms with Crippen LogP contribution in [0.25, 0.3) is 0 Å². The van der Waals surface area contributed by atoms with Crippen molar-refractivity contribution in [2.75, 3.05) is 31.1 Å². The molecule has 0 bridgehead atoms. The maximum absolute atomic E-state index is 13.1. The van der Waals surface area contributed by atoms with Crippen LogP contribution in [0.2, 0.25) is 0 Å². The fraction of sp³-hybridized carbons (Fsp3) is 0.269. The zero-order valence-corrected chi connectivity index (χ0v) is 17.8. The predicted molar refractivity (Wildman–Crippen MR) is 123 cm³/mol. The van der Waals surface area contributed by atoms with Gasteiger partial charge in [-0.2, -0.15) is 0 Å². The number of piperazine rings is 1. The average Bonchev–Trinajstić information content (AvgIpc) is 2.81. The van der Waals surface area contributed by atoms with Crippen molar-refractivity contribution in [1.82, 2.24) is 10.2 Å². The van der Waals surface area contributed by atoms with E-state index in [0.29, 0.717) is 5.56 Å². The summed E-state index contributed by atoms with van der Waals surface area (Å²) in [6.07, 6.45) is 0. The van der Waals surface area contributed by atoms with E-state index >= 15 is 0 Å². The second-order valence-electron chi connectivity index (χ2n) is 8.04. The first-order valence-corrected chi connectivity index (χ1v) is 10.8. The van der Waals surface area contributed by atoms with E-state index in [0.717, 1.165) is 44.0 Å². The molecule has 1 unspecified atom stereocenters. The highest BCUT2D eigenvalue weighted by molar-refractivity contribution is 5.94. The lowest BCUT2D eigenvalue weighted by Crippen LogP contribution is -2.45. The maximum atomic E-state index is 13.1. The van der Waals surface area contributed by atoms with Crippen molar-refractivity contribution in [1.29, 1.82) is 0 Å². The van der Waals surface area contributed by atoms with Crippen LogP contribution < -0.4 is 10.2 Å². The average molecular weight is 418 g/mol. The summed E-state index contributed by atoms with van der Waals surface area (Å²) in [5.74, 6) is -0.259. The van der Waals surface area contributed by atoms with Crippen LogP contribution in [-0.4, -0.2) is 37.0 Å². The quantitative estimate of drug-likeness (QED) is 0.635. The van der Waals surface area contributed by atoms with Crippen LogP contribution in [-0.2, 0) is 6.54 Å². The van der Waals surface area contributed by atoms with Crippen LogP contribution in [0.3, 0.4) is 0 Å². The minimum atomic E-state index is -0.200. The number of anilines is 1. The van der Waals surface area contributed by atoms with Gasteiger partial charge in [0.2, 0.25) is 0 Å². The summed E-state index contributed by atoms with van der Waals surface area (Å²) in [5.41, 5.74) is 4.03. The van der Waals surface area contributed by atoms with E-state index in [2.05, 4.69) is 15.1 Å². The molecule has 1 fully saturated rings. The molecule has 4 rings (SSSR count). The molecule has 1 aliphatic rings. The molecule has 0 spiro atoms. The number of nitrogens with zero attached hydrogens (tertiary/aromatic N) is 2. The largest absolute Gasteiger partial charge is 0.369 e. The van der Waals surface area contributed by atoms with Crippen molar-refractivity contribution in [3.8, 4) is 0 Å². The van der Waals surface area contributed by atoms with E-state index in [1.807, 2.05) is 73.7 Å². The second kappa shape index (κ2) is 9.75. The Balaban J connectivity index is 1.28. The first-order valence-electron chi connectivity index (χ1n) is 10.8. The summed E-state index contributed by atoms with van der Waals surface area (Å²) < 4.78 is 13.1. The Labute approximate surface area is 183 Å². The number of hydrogen-bond donors (Lipinski definition) is 1. The lowest BCUT2D eigenvalue weighted by molar-refractivity contribution is 0.0940. The van der Waals surface area contributed by atoms with Crippen molar-refractivity contribution in [2.24, 2.45) is 0 Å². The molecule has 0 aromatic heterocycles. The molecule has 1 aliphatic heterocycles. The molecule has 31 heavy (non-hydrogen) atoms. The molecule has 0 saturated carbocycles. The Morgan fingerprint density at radius 1 is 0.903 bits per heavy atom. The minimum Gasteiger partial charge on any atom is -0.369 e. The van der Waals surface area contributed by atoms with E-state index in [1.165, 1.54) is 17.7 Å². The highest BCUT2D eigenvalue weighted by Crippen LogP contribution is 2.18. The van der Waals surface area contributed by atoms with Gasteiger partial charge in [-0.25, -0.2) is 4.39 Å². The van der Waals surface area contributed by atoms with E-state index in [-0.39, 0.29) is 17.8 Å². The van der Waals surface area contributed by atoms with Gasteiger partial charge in [0.1, 0.15) is 5.82 Å². The summed E-state index contributed by atoms with van der Waals surface area (Å²) in [4.78, 5) is 17.3. The van der Waals surface area contributed by atoms with Crippen molar-refractivity contribution in [3.63, 3.8) is 0 Å². The van der Waals surface area contributed by atoms with Crippen LogP contribution in [0.1, 0.15) is 34.5 Å². The van der Waals surface area contributed by atoms with Crippen LogP contribution in [0.5, 0.6) is 0 Å². The van der Waals surface area contributed by atoms with Crippen LogP contribution in [0.4, 0.5) is 10.1 Å². The van der Waals surface area contributed by atoms with E-state index in [4.69, 9.17) is 0 Å². The van der Waals surface area contributed by atoms with Crippen LogP contribution >= 0.6 is 0 Å². The molecule has 4 nitrogen and oxygen atoms in total. The fourth-order valence-electron chi connectivity index (χ4n) is 3.94. The molecule has 1 amide bonds. The Kier molecular flexibility index (Phi) is 6.63. The van der Waals surface area contributed by atoms with Gasteiger partial charge in [-0.15, -0.1) is 0 Å². The summed E-state index contributed by atoms with van der Waals surface area (Å²) in [5, 5.41) is 3.06. The van der Waals surface area contributed by atoms with Gasteiger partial charge in [0.15, 0.2) is 0 Å². The number of rotatable bonds is 6. The predicted octanol–water partition coefficient (Wildman–Crippen LogP) is 4.64. The molecule has 3 aromatic carbocycles. The lowest BCUT2D eigenvalue weighted by atomic mass is 10.1. The monoisotopic (exact) mass is 417 g/mol. The number of hydrogen-bond acceptors (Lipinski definition) is 3. The van der Waals surface area contributed by atoms with Crippen molar-refractivity contribution >= 4 is 11.6 Å². The second-order valence-corrected chi connectivity index (χ2v) is 8.04. The zero-order valence-electron chi connectivity index (χ0n) is 17.8. The van der Waals surface area contributed by atoms with Crippen LogP contribution in [0.15, 0.2) is 78.9 Å². The lowest BCUT2D eigenvalue weighted by Gasteiger charge is -2.36. The Morgan fingerprint density at radius 2 is 1.55 bits per heavy atom. The van der Waals surface area contributed by atoms with E-state index in [1.54, 1.807) is 0 Å².